The monoisotopic (exact) mass is 398 g/mol. The van der Waals surface area contributed by atoms with E-state index in [9.17, 15) is 14.0 Å². The molecule has 29 heavy (non-hydrogen) atoms. The predicted octanol–water partition coefficient (Wildman–Crippen LogP) is 3.58. The molecule has 2 aromatic carbocycles. The summed E-state index contributed by atoms with van der Waals surface area (Å²) in [5.41, 5.74) is 1.34. The van der Waals surface area contributed by atoms with Crippen LogP contribution in [-0.2, 0) is 11.2 Å². The molecule has 5 nitrogen and oxygen atoms in total. The van der Waals surface area contributed by atoms with Gasteiger partial charge >= 0.3 is 0 Å². The van der Waals surface area contributed by atoms with Gasteiger partial charge in [0.1, 0.15) is 11.6 Å². The van der Waals surface area contributed by atoms with E-state index in [0.29, 0.717) is 31.7 Å². The first-order chi connectivity index (χ1) is 14.1. The number of rotatable bonds is 7. The highest BCUT2D eigenvalue weighted by Crippen LogP contribution is 2.16. The van der Waals surface area contributed by atoms with E-state index < -0.39 is 5.82 Å². The van der Waals surface area contributed by atoms with E-state index in [0.717, 1.165) is 12.8 Å². The summed E-state index contributed by atoms with van der Waals surface area (Å²) in [6.07, 6.45) is 3.39. The third kappa shape index (κ3) is 5.79. The second kappa shape index (κ2) is 10.0. The summed E-state index contributed by atoms with van der Waals surface area (Å²) in [4.78, 5) is 26.3. The molecule has 0 atom stereocenters. The van der Waals surface area contributed by atoms with Crippen molar-refractivity contribution in [3.63, 3.8) is 0 Å². The van der Waals surface area contributed by atoms with Crippen molar-refractivity contribution in [3.8, 4) is 5.75 Å². The molecule has 0 bridgehead atoms. The Morgan fingerprint density at radius 3 is 2.45 bits per heavy atom. The lowest BCUT2D eigenvalue weighted by Gasteiger charge is -2.32. The van der Waals surface area contributed by atoms with Gasteiger partial charge in [0, 0.05) is 19.1 Å². The number of nitrogens with one attached hydrogen (secondary N) is 1. The molecular weight excluding hydrogens is 371 g/mol. The van der Waals surface area contributed by atoms with Crippen LogP contribution in [0, 0.1) is 5.82 Å². The van der Waals surface area contributed by atoms with E-state index >= 15 is 0 Å². The molecule has 0 aromatic heterocycles. The minimum absolute atomic E-state index is 0.0114. The average molecular weight is 398 g/mol. The van der Waals surface area contributed by atoms with Crippen molar-refractivity contribution in [1.82, 2.24) is 10.2 Å². The predicted molar refractivity (Wildman–Crippen MR) is 109 cm³/mol. The third-order valence-corrected chi connectivity index (χ3v) is 5.08. The minimum atomic E-state index is -0.507. The summed E-state index contributed by atoms with van der Waals surface area (Å²) < 4.78 is 19.4. The topological polar surface area (TPSA) is 58.6 Å². The number of likely N-dealkylation sites (tertiary alicyclic amines) is 1. The van der Waals surface area contributed by atoms with Crippen LogP contribution < -0.4 is 10.1 Å². The first kappa shape index (κ1) is 20.8. The van der Waals surface area contributed by atoms with Crippen molar-refractivity contribution in [3.05, 3.63) is 65.5 Å². The standard InChI is InChI=1S/C23H27FN2O3/c1-2-5-17-8-10-19(11-9-17)29-16-22(27)25-18-12-14-26(15-13-18)23(28)20-6-3-4-7-21(20)24/h3-4,6-11,18H,2,5,12-16H2,1H3,(H,25,27). The molecule has 2 amide bonds. The summed E-state index contributed by atoms with van der Waals surface area (Å²) in [5.74, 6) is -0.317. The fourth-order valence-corrected chi connectivity index (χ4v) is 3.49. The van der Waals surface area contributed by atoms with Crippen LogP contribution in [0.5, 0.6) is 5.75 Å². The smallest absolute Gasteiger partial charge is 0.258 e. The van der Waals surface area contributed by atoms with Crippen molar-refractivity contribution in [2.45, 2.75) is 38.6 Å². The molecule has 154 valence electrons. The second-order valence-corrected chi connectivity index (χ2v) is 7.30. The highest BCUT2D eigenvalue weighted by atomic mass is 19.1. The maximum absolute atomic E-state index is 13.8. The highest BCUT2D eigenvalue weighted by Gasteiger charge is 2.25. The number of hydrogen-bond donors (Lipinski definition) is 1. The number of carbonyl (C=O) groups is 2. The van der Waals surface area contributed by atoms with Crippen molar-refractivity contribution in [1.29, 1.82) is 0 Å². The molecule has 1 aliphatic rings. The van der Waals surface area contributed by atoms with Crippen LogP contribution in [0.1, 0.15) is 42.1 Å². The summed E-state index contributed by atoms with van der Waals surface area (Å²) in [5, 5.41) is 2.96. The molecule has 2 aromatic rings. The first-order valence-corrected chi connectivity index (χ1v) is 10.1. The van der Waals surface area contributed by atoms with E-state index in [1.807, 2.05) is 24.3 Å². The van der Waals surface area contributed by atoms with Gasteiger partial charge in [-0.05, 0) is 49.1 Å². The molecule has 1 saturated heterocycles. The van der Waals surface area contributed by atoms with E-state index in [1.165, 1.54) is 17.7 Å². The fourth-order valence-electron chi connectivity index (χ4n) is 3.49. The summed E-state index contributed by atoms with van der Waals surface area (Å²) in [7, 11) is 0. The molecule has 1 N–H and O–H groups in total. The van der Waals surface area contributed by atoms with Crippen LogP contribution in [0.2, 0.25) is 0 Å². The number of piperidine rings is 1. The normalized spacial score (nSPS) is 14.5. The quantitative estimate of drug-likeness (QED) is 0.776. The van der Waals surface area contributed by atoms with Gasteiger partial charge in [-0.1, -0.05) is 37.6 Å². The number of hydrogen-bond acceptors (Lipinski definition) is 3. The number of amides is 2. The van der Waals surface area contributed by atoms with Crippen LogP contribution in [-0.4, -0.2) is 42.5 Å². The first-order valence-electron chi connectivity index (χ1n) is 10.1. The Hall–Kier alpha value is -2.89. The molecule has 3 rings (SSSR count). The van der Waals surface area contributed by atoms with Gasteiger partial charge in [0.2, 0.25) is 0 Å². The Bertz CT molecular complexity index is 830. The molecule has 0 unspecified atom stereocenters. The van der Waals surface area contributed by atoms with Crippen LogP contribution in [0.15, 0.2) is 48.5 Å². The van der Waals surface area contributed by atoms with Crippen LogP contribution in [0.3, 0.4) is 0 Å². The highest BCUT2D eigenvalue weighted by molar-refractivity contribution is 5.94. The number of nitrogens with zero attached hydrogens (tertiary/aromatic N) is 1. The third-order valence-electron chi connectivity index (χ3n) is 5.08. The average Bonchev–Trinajstić information content (AvgIpc) is 2.74. The van der Waals surface area contributed by atoms with Gasteiger partial charge in [-0.25, -0.2) is 4.39 Å². The SMILES string of the molecule is CCCc1ccc(OCC(=O)NC2CCN(C(=O)c3ccccc3F)CC2)cc1. The molecule has 6 heteroatoms. The summed E-state index contributed by atoms with van der Waals surface area (Å²) in [6, 6.07) is 13.8. The molecular formula is C23H27FN2O3. The molecule has 0 saturated carbocycles. The Balaban J connectivity index is 1.41. The molecule has 0 radical (unpaired) electrons. The Morgan fingerprint density at radius 1 is 1.10 bits per heavy atom. The Morgan fingerprint density at radius 2 is 1.79 bits per heavy atom. The van der Waals surface area contributed by atoms with Crippen molar-refractivity contribution < 1.29 is 18.7 Å². The Labute approximate surface area is 170 Å². The number of ether oxygens (including phenoxy) is 1. The fraction of sp³-hybridized carbons (Fsp3) is 0.391. The zero-order chi connectivity index (χ0) is 20.6. The zero-order valence-corrected chi connectivity index (χ0v) is 16.7. The van der Waals surface area contributed by atoms with Crippen LogP contribution in [0.25, 0.3) is 0 Å². The number of carbonyl (C=O) groups excluding carboxylic acids is 2. The molecule has 1 fully saturated rings. The molecule has 0 aliphatic carbocycles. The van der Waals surface area contributed by atoms with E-state index in [2.05, 4.69) is 12.2 Å². The lowest BCUT2D eigenvalue weighted by atomic mass is 10.0. The van der Waals surface area contributed by atoms with Gasteiger partial charge in [0.05, 0.1) is 5.56 Å². The Kier molecular flexibility index (Phi) is 7.22. The van der Waals surface area contributed by atoms with Gasteiger partial charge < -0.3 is 15.0 Å². The van der Waals surface area contributed by atoms with Gasteiger partial charge in [0.15, 0.2) is 6.61 Å². The van der Waals surface area contributed by atoms with E-state index in [-0.39, 0.29) is 30.0 Å². The van der Waals surface area contributed by atoms with E-state index in [1.54, 1.807) is 17.0 Å². The van der Waals surface area contributed by atoms with Crippen molar-refractivity contribution >= 4 is 11.8 Å². The van der Waals surface area contributed by atoms with E-state index in [4.69, 9.17) is 4.74 Å². The number of aryl methyl sites for hydroxylation is 1. The molecule has 1 aliphatic heterocycles. The molecule has 0 spiro atoms. The zero-order valence-electron chi connectivity index (χ0n) is 16.7. The number of benzene rings is 2. The summed E-state index contributed by atoms with van der Waals surface area (Å²) >= 11 is 0. The van der Waals surface area contributed by atoms with Gasteiger partial charge in [-0.2, -0.15) is 0 Å². The maximum atomic E-state index is 13.8. The lowest BCUT2D eigenvalue weighted by molar-refractivity contribution is -0.124. The van der Waals surface area contributed by atoms with Gasteiger partial charge in [0.25, 0.3) is 11.8 Å². The summed E-state index contributed by atoms with van der Waals surface area (Å²) in [6.45, 7) is 3.06. The van der Waals surface area contributed by atoms with Gasteiger partial charge in [-0.3, -0.25) is 9.59 Å². The minimum Gasteiger partial charge on any atom is -0.484 e. The van der Waals surface area contributed by atoms with Crippen LogP contribution in [0.4, 0.5) is 4.39 Å². The molecule has 1 heterocycles. The second-order valence-electron chi connectivity index (χ2n) is 7.30. The maximum Gasteiger partial charge on any atom is 0.258 e. The number of halogens is 1. The van der Waals surface area contributed by atoms with Crippen LogP contribution >= 0.6 is 0 Å². The largest absolute Gasteiger partial charge is 0.484 e. The van der Waals surface area contributed by atoms with Crippen molar-refractivity contribution in [2.75, 3.05) is 19.7 Å². The van der Waals surface area contributed by atoms with Crippen molar-refractivity contribution in [2.24, 2.45) is 0 Å². The lowest BCUT2D eigenvalue weighted by Crippen LogP contribution is -2.47. The van der Waals surface area contributed by atoms with Gasteiger partial charge in [-0.15, -0.1) is 0 Å².